The smallest absolute Gasteiger partial charge is 0.272 e. The van der Waals surface area contributed by atoms with Crippen LogP contribution in [-0.2, 0) is 11.3 Å². The Balaban J connectivity index is 1.30. The first-order valence-electron chi connectivity index (χ1n) is 9.55. The van der Waals surface area contributed by atoms with Gasteiger partial charge in [-0.2, -0.15) is 0 Å². The van der Waals surface area contributed by atoms with E-state index in [1.54, 1.807) is 18.5 Å². The average Bonchev–Trinajstić information content (AvgIpc) is 2.68. The Morgan fingerprint density at radius 3 is 2.67 bits per heavy atom. The molecule has 2 saturated heterocycles. The van der Waals surface area contributed by atoms with E-state index in [0.717, 1.165) is 44.8 Å². The molecular weight excluding hydrogens is 340 g/mol. The molecule has 0 saturated carbocycles. The molecule has 1 atom stereocenters. The molecule has 1 unspecified atom stereocenters. The van der Waals surface area contributed by atoms with Gasteiger partial charge in [-0.05, 0) is 56.6 Å². The molecule has 2 fully saturated rings. The summed E-state index contributed by atoms with van der Waals surface area (Å²) in [6.45, 7) is 3.90. The van der Waals surface area contributed by atoms with Crippen LogP contribution < -0.4 is 0 Å². The maximum absolute atomic E-state index is 12.6. The number of likely N-dealkylation sites (tertiary alicyclic amines) is 2. The summed E-state index contributed by atoms with van der Waals surface area (Å²) in [4.78, 5) is 25.4. The number of carbonyl (C=O) groups excluding carboxylic acids is 1. The Labute approximate surface area is 160 Å². The molecule has 0 aliphatic carbocycles. The van der Waals surface area contributed by atoms with Crippen LogP contribution in [0.4, 0.5) is 0 Å². The van der Waals surface area contributed by atoms with Crippen molar-refractivity contribution in [3.05, 3.63) is 60.2 Å². The summed E-state index contributed by atoms with van der Waals surface area (Å²) < 4.78 is 5.93. The summed E-state index contributed by atoms with van der Waals surface area (Å²) in [6, 6.07) is 11.4. The fraction of sp³-hybridized carbons (Fsp3) is 0.476. The lowest BCUT2D eigenvalue weighted by molar-refractivity contribution is -0.0770. The second kappa shape index (κ2) is 7.74. The van der Waals surface area contributed by atoms with Crippen molar-refractivity contribution in [3.8, 4) is 0 Å². The summed E-state index contributed by atoms with van der Waals surface area (Å²) in [5, 5.41) is 0. The van der Waals surface area contributed by atoms with Gasteiger partial charge in [-0.15, -0.1) is 0 Å². The molecule has 2 aromatic rings. The molecule has 0 N–H and O–H groups in total. The lowest BCUT2D eigenvalue weighted by Crippen LogP contribution is -2.72. The molecule has 0 aromatic carbocycles. The van der Waals surface area contributed by atoms with E-state index in [1.165, 1.54) is 0 Å². The van der Waals surface area contributed by atoms with Crippen molar-refractivity contribution in [1.29, 1.82) is 0 Å². The van der Waals surface area contributed by atoms with Crippen molar-refractivity contribution < 1.29 is 9.53 Å². The largest absolute Gasteiger partial charge is 0.375 e. The SMILES string of the molecule is CN1CCC(COCc2ccccn2)CC12CN(C(=O)c1ccccn1)C2. The second-order valence-electron chi connectivity index (χ2n) is 7.72. The zero-order chi connectivity index (χ0) is 18.7. The number of ether oxygens (including phenoxy) is 1. The van der Waals surface area contributed by atoms with Crippen LogP contribution in [-0.4, -0.2) is 64.5 Å². The summed E-state index contributed by atoms with van der Waals surface area (Å²) in [5.74, 6) is 0.556. The first-order chi connectivity index (χ1) is 13.2. The van der Waals surface area contributed by atoms with Crippen LogP contribution >= 0.6 is 0 Å². The number of likely N-dealkylation sites (N-methyl/N-ethyl adjacent to an activating group) is 1. The lowest BCUT2D eigenvalue weighted by atomic mass is 9.75. The van der Waals surface area contributed by atoms with Gasteiger partial charge >= 0.3 is 0 Å². The minimum atomic E-state index is 0.0307. The van der Waals surface area contributed by atoms with Gasteiger partial charge < -0.3 is 9.64 Å². The van der Waals surface area contributed by atoms with Crippen LogP contribution in [0.15, 0.2) is 48.8 Å². The first kappa shape index (κ1) is 18.1. The van der Waals surface area contributed by atoms with Crippen LogP contribution in [0.3, 0.4) is 0 Å². The van der Waals surface area contributed by atoms with E-state index in [9.17, 15) is 4.79 Å². The number of hydrogen-bond acceptors (Lipinski definition) is 5. The summed E-state index contributed by atoms with van der Waals surface area (Å²) >= 11 is 0. The Morgan fingerprint density at radius 1 is 1.19 bits per heavy atom. The van der Waals surface area contributed by atoms with Gasteiger partial charge in [0.2, 0.25) is 0 Å². The number of nitrogens with zero attached hydrogens (tertiary/aromatic N) is 4. The van der Waals surface area contributed by atoms with E-state index in [4.69, 9.17) is 4.74 Å². The highest BCUT2D eigenvalue weighted by Crippen LogP contribution is 2.38. The molecule has 6 heteroatoms. The molecule has 27 heavy (non-hydrogen) atoms. The number of rotatable bonds is 5. The Bertz CT molecular complexity index is 762. The van der Waals surface area contributed by atoms with E-state index < -0.39 is 0 Å². The molecule has 0 radical (unpaired) electrons. The summed E-state index contributed by atoms with van der Waals surface area (Å²) in [6.07, 6.45) is 5.67. The molecule has 1 amide bonds. The highest BCUT2D eigenvalue weighted by Gasteiger charge is 2.51. The zero-order valence-electron chi connectivity index (χ0n) is 15.8. The number of carbonyl (C=O) groups is 1. The fourth-order valence-electron chi connectivity index (χ4n) is 4.19. The van der Waals surface area contributed by atoms with E-state index in [0.29, 0.717) is 18.2 Å². The maximum atomic E-state index is 12.6. The molecule has 142 valence electrons. The van der Waals surface area contributed by atoms with E-state index >= 15 is 0 Å². The van der Waals surface area contributed by atoms with Gasteiger partial charge in [0.15, 0.2) is 0 Å². The third-order valence-corrected chi connectivity index (χ3v) is 5.82. The van der Waals surface area contributed by atoms with Crippen molar-refractivity contribution in [2.45, 2.75) is 25.0 Å². The third-order valence-electron chi connectivity index (χ3n) is 5.82. The minimum absolute atomic E-state index is 0.0307. The van der Waals surface area contributed by atoms with Crippen LogP contribution in [0.5, 0.6) is 0 Å². The van der Waals surface area contributed by atoms with Gasteiger partial charge in [0.25, 0.3) is 5.91 Å². The highest BCUT2D eigenvalue weighted by molar-refractivity contribution is 5.93. The van der Waals surface area contributed by atoms with E-state index in [-0.39, 0.29) is 11.4 Å². The topological polar surface area (TPSA) is 58.6 Å². The molecule has 2 aliphatic rings. The van der Waals surface area contributed by atoms with Gasteiger partial charge in [-0.1, -0.05) is 12.1 Å². The zero-order valence-corrected chi connectivity index (χ0v) is 15.8. The quantitative estimate of drug-likeness (QED) is 0.812. The van der Waals surface area contributed by atoms with Crippen LogP contribution in [0.25, 0.3) is 0 Å². The predicted octanol–water partition coefficient (Wildman–Crippen LogP) is 2.23. The van der Waals surface area contributed by atoms with Gasteiger partial charge in [0, 0.05) is 25.5 Å². The van der Waals surface area contributed by atoms with Gasteiger partial charge in [0.1, 0.15) is 5.69 Å². The van der Waals surface area contributed by atoms with Gasteiger partial charge in [-0.25, -0.2) is 0 Å². The number of pyridine rings is 2. The number of hydrogen-bond donors (Lipinski definition) is 0. The van der Waals surface area contributed by atoms with Crippen molar-refractivity contribution in [2.24, 2.45) is 5.92 Å². The molecule has 1 spiro atoms. The molecular formula is C21H26N4O2. The molecule has 6 nitrogen and oxygen atoms in total. The first-order valence-corrected chi connectivity index (χ1v) is 9.55. The lowest BCUT2D eigenvalue weighted by Gasteiger charge is -2.58. The van der Waals surface area contributed by atoms with Crippen LogP contribution in [0, 0.1) is 5.92 Å². The average molecular weight is 366 g/mol. The molecule has 2 aliphatic heterocycles. The van der Waals surface area contributed by atoms with Crippen molar-refractivity contribution in [3.63, 3.8) is 0 Å². The van der Waals surface area contributed by atoms with Gasteiger partial charge in [-0.3, -0.25) is 19.7 Å². The fourth-order valence-corrected chi connectivity index (χ4v) is 4.19. The Morgan fingerprint density at radius 2 is 1.96 bits per heavy atom. The molecule has 4 heterocycles. The van der Waals surface area contributed by atoms with Gasteiger partial charge in [0.05, 0.1) is 24.4 Å². The van der Waals surface area contributed by atoms with E-state index in [2.05, 4.69) is 21.9 Å². The monoisotopic (exact) mass is 366 g/mol. The third kappa shape index (κ3) is 3.87. The van der Waals surface area contributed by atoms with Crippen molar-refractivity contribution >= 4 is 5.91 Å². The number of piperidine rings is 1. The highest BCUT2D eigenvalue weighted by atomic mass is 16.5. The summed E-state index contributed by atoms with van der Waals surface area (Å²) in [5.41, 5.74) is 1.58. The Kier molecular flexibility index (Phi) is 5.18. The molecule has 2 aromatic heterocycles. The predicted molar refractivity (Wildman–Crippen MR) is 102 cm³/mol. The van der Waals surface area contributed by atoms with Crippen molar-refractivity contribution in [2.75, 3.05) is 33.3 Å². The molecule has 0 bridgehead atoms. The van der Waals surface area contributed by atoms with Crippen molar-refractivity contribution in [1.82, 2.24) is 19.8 Å². The standard InChI is InChI=1S/C21H26N4O2/c1-24-11-8-17(13-27-14-18-6-2-4-9-22-18)12-21(24)15-25(16-21)20(26)19-7-3-5-10-23-19/h2-7,9-10,17H,8,11-16H2,1H3. The summed E-state index contributed by atoms with van der Waals surface area (Å²) in [7, 11) is 2.17. The number of amides is 1. The maximum Gasteiger partial charge on any atom is 0.272 e. The van der Waals surface area contributed by atoms with Crippen LogP contribution in [0.2, 0.25) is 0 Å². The second-order valence-corrected chi connectivity index (χ2v) is 7.72. The normalized spacial score (nSPS) is 21.8. The Hall–Kier alpha value is -2.31. The minimum Gasteiger partial charge on any atom is -0.375 e. The molecule has 4 rings (SSSR count). The van der Waals surface area contributed by atoms with E-state index in [1.807, 2.05) is 35.2 Å². The van der Waals surface area contributed by atoms with Crippen LogP contribution in [0.1, 0.15) is 29.0 Å². The number of aromatic nitrogens is 2.